The lowest BCUT2D eigenvalue weighted by atomic mass is 10.1. The van der Waals surface area contributed by atoms with Gasteiger partial charge in [0.15, 0.2) is 0 Å². The largest absolute Gasteiger partial charge is 0.348 e. The number of amides is 1. The van der Waals surface area contributed by atoms with E-state index in [0.29, 0.717) is 6.54 Å². The molecule has 0 fully saturated rings. The Bertz CT molecular complexity index is 561. The van der Waals surface area contributed by atoms with E-state index in [1.54, 1.807) is 19.0 Å². The summed E-state index contributed by atoms with van der Waals surface area (Å²) in [6.07, 6.45) is 2.68. The number of para-hydroxylation sites is 1. The van der Waals surface area contributed by atoms with Gasteiger partial charge in [0, 0.05) is 25.7 Å². The molecule has 0 unspecified atom stereocenters. The molecule has 0 bridgehead atoms. The molecule has 100 valence electrons. The Labute approximate surface area is 113 Å². The fourth-order valence-corrected chi connectivity index (χ4v) is 1.95. The Morgan fingerprint density at radius 3 is 2.84 bits per heavy atom. The number of hydrogen-bond donors (Lipinski definition) is 1. The van der Waals surface area contributed by atoms with Gasteiger partial charge in [-0.15, -0.1) is 0 Å². The predicted molar refractivity (Wildman–Crippen MR) is 77.0 cm³/mol. The van der Waals surface area contributed by atoms with Crippen LogP contribution in [0.3, 0.4) is 0 Å². The van der Waals surface area contributed by atoms with Crippen molar-refractivity contribution in [3.63, 3.8) is 0 Å². The molecular formula is C15H19N3O. The SMILES string of the molecule is CN(C)C(=O)CNCCc1cccc2cccnc12. The fourth-order valence-electron chi connectivity index (χ4n) is 1.95. The highest BCUT2D eigenvalue weighted by molar-refractivity contribution is 5.81. The topological polar surface area (TPSA) is 45.2 Å². The molecule has 0 radical (unpaired) electrons. The van der Waals surface area contributed by atoms with E-state index in [1.165, 1.54) is 5.56 Å². The van der Waals surface area contributed by atoms with Gasteiger partial charge in [0.1, 0.15) is 0 Å². The minimum Gasteiger partial charge on any atom is -0.348 e. The van der Waals surface area contributed by atoms with Crippen LogP contribution in [-0.4, -0.2) is 43.0 Å². The third-order valence-corrected chi connectivity index (χ3v) is 3.06. The number of likely N-dealkylation sites (N-methyl/N-ethyl adjacent to an activating group) is 1. The first kappa shape index (κ1) is 13.5. The molecule has 0 saturated carbocycles. The molecule has 0 atom stereocenters. The monoisotopic (exact) mass is 257 g/mol. The number of carbonyl (C=O) groups is 1. The minimum absolute atomic E-state index is 0.0936. The Morgan fingerprint density at radius 2 is 2.05 bits per heavy atom. The minimum atomic E-state index is 0.0936. The van der Waals surface area contributed by atoms with Crippen molar-refractivity contribution in [2.24, 2.45) is 0 Å². The molecule has 2 rings (SSSR count). The van der Waals surface area contributed by atoms with Gasteiger partial charge in [0.2, 0.25) is 5.91 Å². The molecule has 0 saturated heterocycles. The van der Waals surface area contributed by atoms with E-state index < -0.39 is 0 Å². The number of hydrogen-bond acceptors (Lipinski definition) is 3. The van der Waals surface area contributed by atoms with Crippen molar-refractivity contribution in [3.05, 3.63) is 42.1 Å². The van der Waals surface area contributed by atoms with Crippen molar-refractivity contribution < 1.29 is 4.79 Å². The number of rotatable bonds is 5. The van der Waals surface area contributed by atoms with Crippen LogP contribution < -0.4 is 5.32 Å². The van der Waals surface area contributed by atoms with E-state index in [2.05, 4.69) is 28.5 Å². The van der Waals surface area contributed by atoms with Crippen LogP contribution >= 0.6 is 0 Å². The number of aromatic nitrogens is 1. The maximum Gasteiger partial charge on any atom is 0.236 e. The van der Waals surface area contributed by atoms with E-state index in [-0.39, 0.29) is 5.91 Å². The zero-order valence-electron chi connectivity index (χ0n) is 11.4. The van der Waals surface area contributed by atoms with Crippen LogP contribution in [0.25, 0.3) is 10.9 Å². The average molecular weight is 257 g/mol. The van der Waals surface area contributed by atoms with Crippen LogP contribution in [0, 0.1) is 0 Å². The van der Waals surface area contributed by atoms with Crippen LogP contribution in [0.15, 0.2) is 36.5 Å². The van der Waals surface area contributed by atoms with E-state index in [1.807, 2.05) is 18.3 Å². The van der Waals surface area contributed by atoms with E-state index in [4.69, 9.17) is 0 Å². The molecule has 1 heterocycles. The van der Waals surface area contributed by atoms with E-state index in [0.717, 1.165) is 23.9 Å². The van der Waals surface area contributed by atoms with Crippen LogP contribution in [-0.2, 0) is 11.2 Å². The summed E-state index contributed by atoms with van der Waals surface area (Å²) in [7, 11) is 3.53. The standard InChI is InChI=1S/C15H19N3O/c1-18(2)14(19)11-16-10-8-13-6-3-5-12-7-4-9-17-15(12)13/h3-7,9,16H,8,10-11H2,1-2H3. The molecule has 1 aromatic heterocycles. The first-order chi connectivity index (χ1) is 9.18. The Kier molecular flexibility index (Phi) is 4.47. The smallest absolute Gasteiger partial charge is 0.236 e. The normalized spacial score (nSPS) is 10.6. The van der Waals surface area contributed by atoms with E-state index in [9.17, 15) is 4.79 Å². The zero-order valence-corrected chi connectivity index (χ0v) is 11.4. The molecular weight excluding hydrogens is 238 g/mol. The third kappa shape index (κ3) is 3.51. The van der Waals surface area contributed by atoms with Crippen molar-refractivity contribution in [3.8, 4) is 0 Å². The van der Waals surface area contributed by atoms with Gasteiger partial charge in [-0.05, 0) is 24.6 Å². The summed E-state index contributed by atoms with van der Waals surface area (Å²) in [4.78, 5) is 17.4. The molecule has 0 spiro atoms. The molecule has 2 aromatic rings. The molecule has 1 N–H and O–H groups in total. The van der Waals surface area contributed by atoms with Crippen molar-refractivity contribution >= 4 is 16.8 Å². The van der Waals surface area contributed by atoms with Crippen LogP contribution in [0.2, 0.25) is 0 Å². The number of carbonyl (C=O) groups excluding carboxylic acids is 1. The lowest BCUT2D eigenvalue weighted by Gasteiger charge is -2.11. The van der Waals surface area contributed by atoms with Crippen molar-refractivity contribution in [1.29, 1.82) is 0 Å². The lowest BCUT2D eigenvalue weighted by Crippen LogP contribution is -2.33. The first-order valence-corrected chi connectivity index (χ1v) is 6.42. The number of benzene rings is 1. The van der Waals surface area contributed by atoms with Crippen molar-refractivity contribution in [1.82, 2.24) is 15.2 Å². The van der Waals surface area contributed by atoms with Crippen LogP contribution in [0.4, 0.5) is 0 Å². The quantitative estimate of drug-likeness (QED) is 0.825. The van der Waals surface area contributed by atoms with Crippen molar-refractivity contribution in [2.75, 3.05) is 27.2 Å². The Balaban J connectivity index is 1.93. The molecule has 4 nitrogen and oxygen atoms in total. The van der Waals surface area contributed by atoms with Gasteiger partial charge in [0.25, 0.3) is 0 Å². The molecule has 0 aliphatic heterocycles. The number of nitrogens with one attached hydrogen (secondary N) is 1. The average Bonchev–Trinajstić information content (AvgIpc) is 2.43. The Morgan fingerprint density at radius 1 is 1.26 bits per heavy atom. The summed E-state index contributed by atoms with van der Waals surface area (Å²) >= 11 is 0. The number of pyridine rings is 1. The second-order valence-electron chi connectivity index (χ2n) is 4.71. The van der Waals surface area contributed by atoms with E-state index >= 15 is 0 Å². The van der Waals surface area contributed by atoms with Gasteiger partial charge in [-0.2, -0.15) is 0 Å². The maximum atomic E-state index is 11.4. The van der Waals surface area contributed by atoms with Crippen LogP contribution in [0.1, 0.15) is 5.56 Å². The molecule has 1 aromatic carbocycles. The summed E-state index contributed by atoms with van der Waals surface area (Å²) < 4.78 is 0. The molecule has 0 aliphatic carbocycles. The molecule has 0 aliphatic rings. The summed E-state index contributed by atoms with van der Waals surface area (Å²) in [6.45, 7) is 1.15. The van der Waals surface area contributed by atoms with Gasteiger partial charge in [0.05, 0.1) is 12.1 Å². The Hall–Kier alpha value is -1.94. The number of fused-ring (bicyclic) bond motifs is 1. The fraction of sp³-hybridized carbons (Fsp3) is 0.333. The second-order valence-corrected chi connectivity index (χ2v) is 4.71. The second kappa shape index (κ2) is 6.29. The van der Waals surface area contributed by atoms with Gasteiger partial charge in [-0.1, -0.05) is 24.3 Å². The molecule has 4 heteroatoms. The third-order valence-electron chi connectivity index (χ3n) is 3.06. The summed E-state index contributed by atoms with van der Waals surface area (Å²) in [5.41, 5.74) is 2.26. The van der Waals surface area contributed by atoms with Crippen molar-refractivity contribution in [2.45, 2.75) is 6.42 Å². The summed E-state index contributed by atoms with van der Waals surface area (Å²) in [6, 6.07) is 10.2. The zero-order chi connectivity index (χ0) is 13.7. The van der Waals surface area contributed by atoms with Gasteiger partial charge in [-0.25, -0.2) is 0 Å². The predicted octanol–water partition coefficient (Wildman–Crippen LogP) is 1.46. The highest BCUT2D eigenvalue weighted by Crippen LogP contribution is 2.15. The number of nitrogens with zero attached hydrogens (tertiary/aromatic N) is 2. The summed E-state index contributed by atoms with van der Waals surface area (Å²) in [5.74, 6) is 0.0936. The van der Waals surface area contributed by atoms with Gasteiger partial charge in [-0.3, -0.25) is 9.78 Å². The summed E-state index contributed by atoms with van der Waals surface area (Å²) in [5, 5.41) is 4.32. The van der Waals surface area contributed by atoms with Crippen LogP contribution in [0.5, 0.6) is 0 Å². The lowest BCUT2D eigenvalue weighted by molar-refractivity contribution is -0.127. The molecule has 19 heavy (non-hydrogen) atoms. The molecule has 1 amide bonds. The van der Waals surface area contributed by atoms with Gasteiger partial charge < -0.3 is 10.2 Å². The van der Waals surface area contributed by atoms with Gasteiger partial charge >= 0.3 is 0 Å². The highest BCUT2D eigenvalue weighted by atomic mass is 16.2. The first-order valence-electron chi connectivity index (χ1n) is 6.42. The maximum absolute atomic E-state index is 11.4. The highest BCUT2D eigenvalue weighted by Gasteiger charge is 2.04.